The Balaban J connectivity index is 2.45. The van der Waals surface area contributed by atoms with Crippen LogP contribution in [0.25, 0.3) is 0 Å². The van der Waals surface area contributed by atoms with E-state index in [1.165, 1.54) is 17.5 Å². The first-order chi connectivity index (χ1) is 8.30. The van der Waals surface area contributed by atoms with Gasteiger partial charge in [0.2, 0.25) is 0 Å². The molecule has 0 nitrogen and oxygen atoms in total. The van der Waals surface area contributed by atoms with Crippen molar-refractivity contribution in [1.82, 2.24) is 0 Å². The Kier molecular flexibility index (Phi) is 5.72. The van der Waals surface area contributed by atoms with Gasteiger partial charge in [-0.25, -0.2) is 0 Å². The van der Waals surface area contributed by atoms with Gasteiger partial charge in [0.1, 0.15) is 0 Å². The van der Waals surface area contributed by atoms with Crippen molar-refractivity contribution in [3.05, 3.63) is 35.4 Å². The summed E-state index contributed by atoms with van der Waals surface area (Å²) in [5, 5.41) is 0.318. The zero-order valence-electron chi connectivity index (χ0n) is 12.5. The zero-order valence-corrected chi connectivity index (χ0v) is 13.2. The van der Waals surface area contributed by atoms with Crippen LogP contribution in [-0.4, -0.2) is 5.38 Å². The van der Waals surface area contributed by atoms with Crippen molar-refractivity contribution in [1.29, 1.82) is 0 Å². The third kappa shape index (κ3) is 5.02. The molecule has 0 N–H and O–H groups in total. The Hall–Kier alpha value is -0.490. The third-order valence-corrected chi connectivity index (χ3v) is 4.21. The summed E-state index contributed by atoms with van der Waals surface area (Å²) in [7, 11) is 0. The lowest BCUT2D eigenvalue weighted by Gasteiger charge is -2.19. The summed E-state index contributed by atoms with van der Waals surface area (Å²) in [6.45, 7) is 11.1. The van der Waals surface area contributed by atoms with Crippen molar-refractivity contribution in [2.24, 2.45) is 5.92 Å². The van der Waals surface area contributed by atoms with Gasteiger partial charge < -0.3 is 0 Å². The summed E-state index contributed by atoms with van der Waals surface area (Å²) in [5.41, 5.74) is 3.08. The number of benzene rings is 1. The molecule has 1 rings (SSSR count). The Bertz CT molecular complexity index is 343. The van der Waals surface area contributed by atoms with Gasteiger partial charge in [-0.2, -0.15) is 0 Å². The predicted molar refractivity (Wildman–Crippen MR) is 82.6 cm³/mol. The molecule has 0 aliphatic carbocycles. The maximum absolute atomic E-state index is 6.27. The van der Waals surface area contributed by atoms with Crippen molar-refractivity contribution in [2.45, 2.75) is 64.7 Å². The van der Waals surface area contributed by atoms with Gasteiger partial charge in [0, 0.05) is 5.38 Å². The first-order valence-corrected chi connectivity index (χ1v) is 7.48. The van der Waals surface area contributed by atoms with E-state index < -0.39 is 0 Å². The topological polar surface area (TPSA) is 0 Å². The average Bonchev–Trinajstić information content (AvgIpc) is 2.28. The van der Waals surface area contributed by atoms with Gasteiger partial charge in [-0.1, -0.05) is 58.9 Å². The van der Waals surface area contributed by atoms with Crippen LogP contribution in [0.2, 0.25) is 0 Å². The minimum absolute atomic E-state index is 0.247. The lowest BCUT2D eigenvalue weighted by molar-refractivity contribution is 0.547. The van der Waals surface area contributed by atoms with Crippen LogP contribution in [0.5, 0.6) is 0 Å². The van der Waals surface area contributed by atoms with Gasteiger partial charge in [0.05, 0.1) is 0 Å². The third-order valence-electron chi connectivity index (χ3n) is 3.49. The molecule has 0 bridgehead atoms. The van der Waals surface area contributed by atoms with E-state index in [0.717, 1.165) is 12.8 Å². The van der Waals surface area contributed by atoms with E-state index in [0.29, 0.717) is 11.3 Å². The Morgan fingerprint density at radius 1 is 1.06 bits per heavy atom. The standard InChI is InChI=1S/C17H27Cl/c1-13(2)16(18)8-6-7-14-9-11-15(12-10-14)17(3,4)5/h9-13,16H,6-8H2,1-5H3. The van der Waals surface area contributed by atoms with E-state index >= 15 is 0 Å². The molecule has 1 aromatic rings. The second-order valence-corrected chi connectivity index (χ2v) is 7.16. The number of halogens is 1. The van der Waals surface area contributed by atoms with Gasteiger partial charge in [-0.05, 0) is 41.7 Å². The van der Waals surface area contributed by atoms with Crippen LogP contribution in [0, 0.1) is 5.92 Å². The predicted octanol–water partition coefficient (Wildman–Crippen LogP) is 5.57. The second kappa shape index (κ2) is 6.61. The fourth-order valence-electron chi connectivity index (χ4n) is 2.01. The monoisotopic (exact) mass is 266 g/mol. The highest BCUT2D eigenvalue weighted by Gasteiger charge is 2.13. The van der Waals surface area contributed by atoms with Crippen molar-refractivity contribution >= 4 is 11.6 Å². The molecule has 0 aliphatic heterocycles. The first kappa shape index (κ1) is 15.6. The zero-order chi connectivity index (χ0) is 13.8. The molecule has 0 saturated carbocycles. The number of hydrogen-bond donors (Lipinski definition) is 0. The molecule has 0 radical (unpaired) electrons. The van der Waals surface area contributed by atoms with Crippen LogP contribution in [0.4, 0.5) is 0 Å². The molecule has 1 atom stereocenters. The summed E-state index contributed by atoms with van der Waals surface area (Å²) >= 11 is 6.27. The number of aryl methyl sites for hydroxylation is 1. The largest absolute Gasteiger partial charge is 0.123 e. The van der Waals surface area contributed by atoms with Crippen molar-refractivity contribution < 1.29 is 0 Å². The normalized spacial score (nSPS) is 13.9. The van der Waals surface area contributed by atoms with Gasteiger partial charge in [-0.15, -0.1) is 11.6 Å². The number of rotatable bonds is 5. The molecule has 1 unspecified atom stereocenters. The lowest BCUT2D eigenvalue weighted by atomic mass is 9.86. The van der Waals surface area contributed by atoms with Crippen LogP contribution in [0.1, 0.15) is 58.6 Å². The number of hydrogen-bond acceptors (Lipinski definition) is 0. The van der Waals surface area contributed by atoms with E-state index in [1.807, 2.05) is 0 Å². The Morgan fingerprint density at radius 2 is 1.61 bits per heavy atom. The molecular formula is C17H27Cl. The summed E-state index contributed by atoms with van der Waals surface area (Å²) < 4.78 is 0. The highest BCUT2D eigenvalue weighted by Crippen LogP contribution is 2.23. The number of alkyl halides is 1. The van der Waals surface area contributed by atoms with Crippen molar-refractivity contribution in [2.75, 3.05) is 0 Å². The molecule has 0 aromatic heterocycles. The fourth-order valence-corrected chi connectivity index (χ4v) is 2.16. The van der Waals surface area contributed by atoms with Crippen LogP contribution in [-0.2, 0) is 11.8 Å². The highest BCUT2D eigenvalue weighted by atomic mass is 35.5. The van der Waals surface area contributed by atoms with E-state index in [-0.39, 0.29) is 5.41 Å². The fraction of sp³-hybridized carbons (Fsp3) is 0.647. The molecule has 0 saturated heterocycles. The summed E-state index contributed by atoms with van der Waals surface area (Å²) in [4.78, 5) is 0. The van der Waals surface area contributed by atoms with E-state index in [9.17, 15) is 0 Å². The molecule has 0 spiro atoms. The Morgan fingerprint density at radius 3 is 2.06 bits per heavy atom. The molecule has 0 amide bonds. The van der Waals surface area contributed by atoms with Crippen LogP contribution < -0.4 is 0 Å². The quantitative estimate of drug-likeness (QED) is 0.611. The summed E-state index contributed by atoms with van der Waals surface area (Å²) in [6, 6.07) is 9.05. The van der Waals surface area contributed by atoms with Crippen LogP contribution >= 0.6 is 11.6 Å². The van der Waals surface area contributed by atoms with Gasteiger partial charge in [-0.3, -0.25) is 0 Å². The van der Waals surface area contributed by atoms with E-state index in [2.05, 4.69) is 58.9 Å². The average molecular weight is 267 g/mol. The maximum atomic E-state index is 6.27. The van der Waals surface area contributed by atoms with Gasteiger partial charge >= 0.3 is 0 Å². The lowest BCUT2D eigenvalue weighted by Crippen LogP contribution is -2.10. The van der Waals surface area contributed by atoms with Crippen molar-refractivity contribution in [3.8, 4) is 0 Å². The molecule has 0 aliphatic rings. The summed E-state index contributed by atoms with van der Waals surface area (Å²) in [6.07, 6.45) is 3.43. The first-order valence-electron chi connectivity index (χ1n) is 7.04. The molecule has 1 aromatic carbocycles. The van der Waals surface area contributed by atoms with E-state index in [4.69, 9.17) is 11.6 Å². The molecule has 18 heavy (non-hydrogen) atoms. The SMILES string of the molecule is CC(C)C(Cl)CCCc1ccc(C(C)(C)C)cc1. The smallest absolute Gasteiger partial charge is 0.0359 e. The van der Waals surface area contributed by atoms with Crippen LogP contribution in [0.3, 0.4) is 0 Å². The van der Waals surface area contributed by atoms with Gasteiger partial charge in [0.15, 0.2) is 0 Å². The minimum Gasteiger partial charge on any atom is -0.123 e. The molecule has 0 heterocycles. The van der Waals surface area contributed by atoms with Gasteiger partial charge in [0.25, 0.3) is 0 Å². The Labute approximate surface area is 118 Å². The van der Waals surface area contributed by atoms with E-state index in [1.54, 1.807) is 0 Å². The molecule has 0 fully saturated rings. The minimum atomic E-state index is 0.247. The second-order valence-electron chi connectivity index (χ2n) is 6.60. The molecule has 1 heteroatoms. The molecular weight excluding hydrogens is 240 g/mol. The summed E-state index contributed by atoms with van der Waals surface area (Å²) in [5.74, 6) is 0.579. The maximum Gasteiger partial charge on any atom is 0.0359 e. The highest BCUT2D eigenvalue weighted by molar-refractivity contribution is 6.20. The molecule has 102 valence electrons. The van der Waals surface area contributed by atoms with Crippen molar-refractivity contribution in [3.63, 3.8) is 0 Å². The van der Waals surface area contributed by atoms with Crippen LogP contribution in [0.15, 0.2) is 24.3 Å².